The van der Waals surface area contributed by atoms with Gasteiger partial charge in [-0.2, -0.15) is 0 Å². The summed E-state index contributed by atoms with van der Waals surface area (Å²) < 4.78 is 0. The van der Waals surface area contributed by atoms with Crippen molar-refractivity contribution < 1.29 is 5.11 Å². The third-order valence-electron chi connectivity index (χ3n) is 2.90. The van der Waals surface area contributed by atoms with E-state index >= 15 is 0 Å². The maximum atomic E-state index is 8.87. The van der Waals surface area contributed by atoms with Crippen LogP contribution in [0.5, 0.6) is 0 Å². The molecule has 0 saturated carbocycles. The Hall–Kier alpha value is -1.87. The Morgan fingerprint density at radius 2 is 1.81 bits per heavy atom. The quantitative estimate of drug-likeness (QED) is 0.868. The molecule has 0 aliphatic carbocycles. The highest BCUT2D eigenvalue weighted by Crippen LogP contribution is 2.22. The molecule has 1 aromatic heterocycles. The van der Waals surface area contributed by atoms with Crippen LogP contribution in [-0.4, -0.2) is 23.7 Å². The largest absolute Gasteiger partial charge is 0.396 e. The van der Waals surface area contributed by atoms with Crippen LogP contribution >= 0.6 is 0 Å². The Morgan fingerprint density at radius 1 is 1.10 bits per heavy atom. The average Bonchev–Trinajstić information content (AvgIpc) is 2.54. The molecular formula is C18H26N2O. The standard InChI is InChI=1S/C15H18N2O.C3H8/c1-16-15-11-14(7-8-17-15)13-6-2-4-12(10-13)5-3-9-18;1-3-2/h2,4,6-8,10-11,18H,3,5,9H2,1H3,(H,16,17);3H2,1-2H3. The SMILES string of the molecule is CCC.CNc1cc(-c2cccc(CCCO)c2)ccn1. The van der Waals surface area contributed by atoms with Crippen LogP contribution in [0.15, 0.2) is 42.6 Å². The van der Waals surface area contributed by atoms with Gasteiger partial charge in [-0.05, 0) is 41.7 Å². The first kappa shape index (κ1) is 17.2. The molecule has 21 heavy (non-hydrogen) atoms. The number of nitrogens with zero attached hydrogens (tertiary/aromatic N) is 1. The first-order valence-corrected chi connectivity index (χ1v) is 7.59. The lowest BCUT2D eigenvalue weighted by molar-refractivity contribution is 0.288. The van der Waals surface area contributed by atoms with Crippen molar-refractivity contribution in [2.24, 2.45) is 0 Å². The highest BCUT2D eigenvalue weighted by molar-refractivity contribution is 5.66. The number of hydrogen-bond donors (Lipinski definition) is 2. The number of anilines is 1. The van der Waals surface area contributed by atoms with E-state index in [1.165, 1.54) is 17.5 Å². The molecule has 0 saturated heterocycles. The second-order valence-corrected chi connectivity index (χ2v) is 4.91. The van der Waals surface area contributed by atoms with Crippen LogP contribution in [0.1, 0.15) is 32.3 Å². The first-order chi connectivity index (χ1) is 10.2. The van der Waals surface area contributed by atoms with E-state index in [4.69, 9.17) is 5.11 Å². The van der Waals surface area contributed by atoms with Gasteiger partial charge in [0.2, 0.25) is 0 Å². The Kier molecular flexibility index (Phi) is 8.14. The summed E-state index contributed by atoms with van der Waals surface area (Å²) in [4.78, 5) is 4.21. The van der Waals surface area contributed by atoms with E-state index in [0.29, 0.717) is 0 Å². The first-order valence-electron chi connectivity index (χ1n) is 7.59. The highest BCUT2D eigenvalue weighted by Gasteiger charge is 2.01. The Labute approximate surface area is 128 Å². The van der Waals surface area contributed by atoms with Crippen molar-refractivity contribution in [3.8, 4) is 11.1 Å². The monoisotopic (exact) mass is 286 g/mol. The van der Waals surface area contributed by atoms with E-state index in [1.54, 1.807) is 0 Å². The summed E-state index contributed by atoms with van der Waals surface area (Å²) in [6.45, 7) is 4.49. The van der Waals surface area contributed by atoms with Crippen LogP contribution < -0.4 is 5.32 Å². The van der Waals surface area contributed by atoms with Crippen molar-refractivity contribution in [1.82, 2.24) is 4.98 Å². The van der Waals surface area contributed by atoms with Crippen molar-refractivity contribution in [2.75, 3.05) is 19.0 Å². The number of rotatable bonds is 5. The summed E-state index contributed by atoms with van der Waals surface area (Å²) >= 11 is 0. The van der Waals surface area contributed by atoms with Crippen molar-refractivity contribution >= 4 is 5.82 Å². The number of nitrogens with one attached hydrogen (secondary N) is 1. The van der Waals surface area contributed by atoms with Gasteiger partial charge in [-0.25, -0.2) is 4.98 Å². The molecule has 0 aliphatic rings. The summed E-state index contributed by atoms with van der Waals surface area (Å²) in [6.07, 6.45) is 4.78. The van der Waals surface area contributed by atoms with Gasteiger partial charge in [0.05, 0.1) is 0 Å². The summed E-state index contributed by atoms with van der Waals surface area (Å²) in [5.74, 6) is 0.869. The fraction of sp³-hybridized carbons (Fsp3) is 0.389. The molecule has 3 heteroatoms. The highest BCUT2D eigenvalue weighted by atomic mass is 16.2. The molecule has 2 rings (SSSR count). The molecule has 0 spiro atoms. The van der Waals surface area contributed by atoms with Gasteiger partial charge < -0.3 is 10.4 Å². The number of pyridine rings is 1. The van der Waals surface area contributed by atoms with Gasteiger partial charge in [0.15, 0.2) is 0 Å². The van der Waals surface area contributed by atoms with Gasteiger partial charge in [-0.1, -0.05) is 44.5 Å². The van der Waals surface area contributed by atoms with Crippen molar-refractivity contribution in [3.05, 3.63) is 48.2 Å². The zero-order chi connectivity index (χ0) is 15.5. The second kappa shape index (κ2) is 9.94. The van der Waals surface area contributed by atoms with E-state index in [9.17, 15) is 0 Å². The average molecular weight is 286 g/mol. The lowest BCUT2D eigenvalue weighted by Gasteiger charge is -2.06. The number of aryl methyl sites for hydroxylation is 1. The van der Waals surface area contributed by atoms with Gasteiger partial charge in [-0.15, -0.1) is 0 Å². The molecule has 1 heterocycles. The summed E-state index contributed by atoms with van der Waals surface area (Å²) in [5, 5.41) is 11.9. The van der Waals surface area contributed by atoms with Gasteiger partial charge in [0.25, 0.3) is 0 Å². The van der Waals surface area contributed by atoms with Gasteiger partial charge in [-0.3, -0.25) is 0 Å². The molecule has 2 N–H and O–H groups in total. The molecule has 0 bridgehead atoms. The van der Waals surface area contributed by atoms with E-state index < -0.39 is 0 Å². The second-order valence-electron chi connectivity index (χ2n) is 4.91. The van der Waals surface area contributed by atoms with E-state index in [1.807, 2.05) is 25.4 Å². The van der Waals surface area contributed by atoms with E-state index in [0.717, 1.165) is 24.2 Å². The van der Waals surface area contributed by atoms with Gasteiger partial charge >= 0.3 is 0 Å². The molecule has 1 aromatic carbocycles. The molecule has 0 atom stereocenters. The third kappa shape index (κ3) is 5.96. The predicted octanol–water partition coefficient (Wildman–Crippen LogP) is 4.13. The lowest BCUT2D eigenvalue weighted by Crippen LogP contribution is -1.93. The Bertz CT molecular complexity index is 526. The maximum absolute atomic E-state index is 8.87. The normalized spacial score (nSPS) is 9.71. The van der Waals surface area contributed by atoms with Crippen LogP contribution in [0.2, 0.25) is 0 Å². The molecule has 114 valence electrons. The van der Waals surface area contributed by atoms with Crippen molar-refractivity contribution in [1.29, 1.82) is 0 Å². The number of aliphatic hydroxyl groups excluding tert-OH is 1. The third-order valence-corrected chi connectivity index (χ3v) is 2.90. The van der Waals surface area contributed by atoms with Crippen LogP contribution in [0.25, 0.3) is 11.1 Å². The summed E-state index contributed by atoms with van der Waals surface area (Å²) in [6, 6.07) is 12.5. The van der Waals surface area contributed by atoms with Crippen LogP contribution in [0, 0.1) is 0 Å². The summed E-state index contributed by atoms with van der Waals surface area (Å²) in [7, 11) is 1.86. The number of hydrogen-bond acceptors (Lipinski definition) is 3. The summed E-state index contributed by atoms with van der Waals surface area (Å²) in [5.41, 5.74) is 3.59. The van der Waals surface area contributed by atoms with Gasteiger partial charge in [0, 0.05) is 19.9 Å². The topological polar surface area (TPSA) is 45.1 Å². The molecule has 0 unspecified atom stereocenters. The molecule has 2 aromatic rings. The minimum absolute atomic E-state index is 0.239. The molecule has 0 fully saturated rings. The Morgan fingerprint density at radius 3 is 2.48 bits per heavy atom. The van der Waals surface area contributed by atoms with Crippen LogP contribution in [0.4, 0.5) is 5.82 Å². The van der Waals surface area contributed by atoms with E-state index in [-0.39, 0.29) is 6.61 Å². The minimum Gasteiger partial charge on any atom is -0.396 e. The molecule has 0 radical (unpaired) electrons. The predicted molar refractivity (Wildman–Crippen MR) is 90.6 cm³/mol. The maximum Gasteiger partial charge on any atom is 0.126 e. The fourth-order valence-electron chi connectivity index (χ4n) is 1.94. The number of aromatic nitrogens is 1. The molecule has 0 amide bonds. The Balaban J connectivity index is 0.000000677. The number of benzene rings is 1. The molecule has 0 aliphatic heterocycles. The van der Waals surface area contributed by atoms with Crippen molar-refractivity contribution in [2.45, 2.75) is 33.1 Å². The fourth-order valence-corrected chi connectivity index (χ4v) is 1.94. The minimum atomic E-state index is 0.239. The lowest BCUT2D eigenvalue weighted by atomic mass is 10.0. The molecule has 3 nitrogen and oxygen atoms in total. The number of aliphatic hydroxyl groups is 1. The molecular weight excluding hydrogens is 260 g/mol. The van der Waals surface area contributed by atoms with Crippen molar-refractivity contribution in [3.63, 3.8) is 0 Å². The zero-order valence-corrected chi connectivity index (χ0v) is 13.3. The van der Waals surface area contributed by atoms with E-state index in [2.05, 4.69) is 48.4 Å². The zero-order valence-electron chi connectivity index (χ0n) is 13.3. The van der Waals surface area contributed by atoms with Gasteiger partial charge in [0.1, 0.15) is 5.82 Å². The smallest absolute Gasteiger partial charge is 0.126 e. The van der Waals surface area contributed by atoms with Crippen LogP contribution in [-0.2, 0) is 6.42 Å². The van der Waals surface area contributed by atoms with Crippen LogP contribution in [0.3, 0.4) is 0 Å².